The van der Waals surface area contributed by atoms with Crippen LogP contribution in [-0.2, 0) is 32.2 Å². The number of rotatable bonds is 7. The second-order valence-corrected chi connectivity index (χ2v) is 11.7. The van der Waals surface area contributed by atoms with Crippen molar-refractivity contribution in [3.8, 4) is 0 Å². The van der Waals surface area contributed by atoms with Crippen molar-refractivity contribution in [3.05, 3.63) is 65.7 Å². The van der Waals surface area contributed by atoms with Gasteiger partial charge in [0, 0.05) is 26.2 Å². The zero-order valence-corrected chi connectivity index (χ0v) is 18.5. The number of hydrogen-bond acceptors (Lipinski definition) is 4. The largest absolute Gasteiger partial charge is 0.243 e. The van der Waals surface area contributed by atoms with Crippen LogP contribution in [-0.4, -0.2) is 51.6 Å². The van der Waals surface area contributed by atoms with Crippen molar-refractivity contribution in [3.63, 3.8) is 0 Å². The Morgan fingerprint density at radius 3 is 1.86 bits per heavy atom. The molecule has 1 fully saturated rings. The van der Waals surface area contributed by atoms with Crippen molar-refractivity contribution < 1.29 is 16.8 Å². The van der Waals surface area contributed by atoms with Gasteiger partial charge in [-0.1, -0.05) is 56.3 Å². The lowest BCUT2D eigenvalue weighted by molar-refractivity contribution is 0.272. The molecule has 0 bridgehead atoms. The van der Waals surface area contributed by atoms with Crippen molar-refractivity contribution in [2.75, 3.05) is 26.2 Å². The number of piperazine rings is 1. The predicted molar refractivity (Wildman–Crippen MR) is 114 cm³/mol. The van der Waals surface area contributed by atoms with Gasteiger partial charge in [-0.05, 0) is 35.6 Å². The summed E-state index contributed by atoms with van der Waals surface area (Å²) in [4.78, 5) is 0.255. The van der Waals surface area contributed by atoms with E-state index < -0.39 is 20.0 Å². The zero-order valence-electron chi connectivity index (χ0n) is 16.9. The van der Waals surface area contributed by atoms with Gasteiger partial charge in [0.1, 0.15) is 0 Å². The van der Waals surface area contributed by atoms with Crippen LogP contribution in [0.4, 0.5) is 0 Å². The highest BCUT2D eigenvalue weighted by Gasteiger charge is 2.33. The van der Waals surface area contributed by atoms with E-state index in [0.717, 1.165) is 17.5 Å². The van der Waals surface area contributed by atoms with Crippen LogP contribution in [0.1, 0.15) is 25.0 Å². The molecule has 0 amide bonds. The second kappa shape index (κ2) is 8.95. The molecule has 1 saturated heterocycles. The highest BCUT2D eigenvalue weighted by atomic mass is 32.2. The summed E-state index contributed by atoms with van der Waals surface area (Å²) in [5.74, 6) is 0.432. The van der Waals surface area contributed by atoms with Gasteiger partial charge in [0.25, 0.3) is 0 Å². The van der Waals surface area contributed by atoms with E-state index in [0.29, 0.717) is 5.92 Å². The lowest BCUT2D eigenvalue weighted by Crippen LogP contribution is -2.50. The molecule has 2 aromatic carbocycles. The van der Waals surface area contributed by atoms with Gasteiger partial charge in [0.15, 0.2) is 0 Å². The minimum absolute atomic E-state index is 0.0715. The van der Waals surface area contributed by atoms with Gasteiger partial charge in [0.2, 0.25) is 20.0 Å². The minimum Gasteiger partial charge on any atom is -0.212 e. The third-order valence-corrected chi connectivity index (χ3v) is 8.75. The predicted octanol–water partition coefficient (Wildman–Crippen LogP) is 2.72. The van der Waals surface area contributed by atoms with Crippen LogP contribution in [0.15, 0.2) is 59.5 Å². The van der Waals surface area contributed by atoms with Gasteiger partial charge in [-0.2, -0.15) is 8.61 Å². The first-order valence-corrected chi connectivity index (χ1v) is 12.8. The average molecular weight is 437 g/mol. The molecule has 158 valence electrons. The highest BCUT2D eigenvalue weighted by Crippen LogP contribution is 2.21. The first kappa shape index (κ1) is 22.0. The van der Waals surface area contributed by atoms with E-state index in [1.54, 1.807) is 24.3 Å². The van der Waals surface area contributed by atoms with E-state index in [-0.39, 0.29) is 36.8 Å². The van der Waals surface area contributed by atoms with Crippen LogP contribution in [0.5, 0.6) is 0 Å². The fourth-order valence-corrected chi connectivity index (χ4v) is 6.42. The Hall–Kier alpha value is -1.74. The van der Waals surface area contributed by atoms with Gasteiger partial charge < -0.3 is 0 Å². The Labute approximate surface area is 174 Å². The van der Waals surface area contributed by atoms with Gasteiger partial charge in [0.05, 0.1) is 10.6 Å². The standard InChI is InChI=1S/C21H28N2O4S2/c1-18(2)16-19-8-10-21(11-9-19)29(26,27)23-14-12-22(13-15-23)28(24,25)17-20-6-4-3-5-7-20/h3-11,18H,12-17H2,1-2H3. The molecule has 0 aliphatic carbocycles. The Bertz CT molecular complexity index is 1010. The molecule has 0 spiro atoms. The average Bonchev–Trinajstić information content (AvgIpc) is 2.68. The fourth-order valence-electron chi connectivity index (χ4n) is 3.48. The summed E-state index contributed by atoms with van der Waals surface area (Å²) in [7, 11) is -7.10. The molecular formula is C21H28N2O4S2. The monoisotopic (exact) mass is 436 g/mol. The number of sulfonamides is 2. The molecule has 6 nitrogen and oxygen atoms in total. The number of benzene rings is 2. The molecule has 0 N–H and O–H groups in total. The molecule has 0 radical (unpaired) electrons. The summed E-state index contributed by atoms with van der Waals surface area (Å²) >= 11 is 0. The molecular weight excluding hydrogens is 408 g/mol. The molecule has 1 aliphatic heterocycles. The normalized spacial score (nSPS) is 16.9. The first-order valence-electron chi connectivity index (χ1n) is 9.79. The maximum absolute atomic E-state index is 12.9. The quantitative estimate of drug-likeness (QED) is 0.669. The summed E-state index contributed by atoms with van der Waals surface area (Å²) in [6, 6.07) is 16.0. The van der Waals surface area contributed by atoms with Gasteiger partial charge in [-0.25, -0.2) is 16.8 Å². The van der Waals surface area contributed by atoms with Crippen molar-refractivity contribution in [1.82, 2.24) is 8.61 Å². The van der Waals surface area contributed by atoms with E-state index in [9.17, 15) is 16.8 Å². The molecule has 0 atom stereocenters. The summed E-state index contributed by atoms with van der Waals surface area (Å²) in [6.07, 6.45) is 0.901. The molecule has 0 aromatic heterocycles. The third kappa shape index (κ3) is 5.45. The van der Waals surface area contributed by atoms with Crippen molar-refractivity contribution in [2.24, 2.45) is 5.92 Å². The Morgan fingerprint density at radius 1 is 0.759 bits per heavy atom. The molecule has 8 heteroatoms. The molecule has 1 aliphatic rings. The molecule has 2 aromatic rings. The summed E-state index contributed by atoms with van der Waals surface area (Å²) in [6.45, 7) is 4.89. The zero-order chi connectivity index (χ0) is 21.1. The van der Waals surface area contributed by atoms with E-state index in [1.807, 2.05) is 30.3 Å². The van der Waals surface area contributed by atoms with Crippen LogP contribution in [0.25, 0.3) is 0 Å². The molecule has 1 heterocycles. The summed E-state index contributed by atoms with van der Waals surface area (Å²) in [5.41, 5.74) is 1.83. The maximum Gasteiger partial charge on any atom is 0.243 e. The van der Waals surface area contributed by atoms with Crippen molar-refractivity contribution in [1.29, 1.82) is 0 Å². The molecule has 3 rings (SSSR count). The van der Waals surface area contributed by atoms with E-state index in [4.69, 9.17) is 0 Å². The van der Waals surface area contributed by atoms with Crippen molar-refractivity contribution in [2.45, 2.75) is 30.9 Å². The van der Waals surface area contributed by atoms with Crippen LogP contribution in [0, 0.1) is 5.92 Å². The lowest BCUT2D eigenvalue weighted by Gasteiger charge is -2.33. The second-order valence-electron chi connectivity index (χ2n) is 7.79. The topological polar surface area (TPSA) is 74.8 Å². The number of hydrogen-bond donors (Lipinski definition) is 0. The molecule has 0 unspecified atom stereocenters. The third-order valence-electron chi connectivity index (χ3n) is 4.99. The Balaban J connectivity index is 1.65. The van der Waals surface area contributed by atoms with Gasteiger partial charge in [-0.3, -0.25) is 0 Å². The van der Waals surface area contributed by atoms with Crippen LogP contribution in [0.3, 0.4) is 0 Å². The first-order chi connectivity index (χ1) is 13.7. The van der Waals surface area contributed by atoms with Crippen LogP contribution >= 0.6 is 0 Å². The van der Waals surface area contributed by atoms with Crippen molar-refractivity contribution >= 4 is 20.0 Å². The van der Waals surface area contributed by atoms with E-state index in [2.05, 4.69) is 13.8 Å². The van der Waals surface area contributed by atoms with E-state index >= 15 is 0 Å². The minimum atomic E-state index is -3.62. The lowest BCUT2D eigenvalue weighted by atomic mass is 10.0. The fraction of sp³-hybridized carbons (Fsp3) is 0.429. The molecule has 29 heavy (non-hydrogen) atoms. The van der Waals surface area contributed by atoms with Gasteiger partial charge >= 0.3 is 0 Å². The van der Waals surface area contributed by atoms with E-state index in [1.165, 1.54) is 8.61 Å². The summed E-state index contributed by atoms with van der Waals surface area (Å²) < 4.78 is 53.9. The maximum atomic E-state index is 12.9. The van der Waals surface area contributed by atoms with Gasteiger partial charge in [-0.15, -0.1) is 0 Å². The SMILES string of the molecule is CC(C)Cc1ccc(S(=O)(=O)N2CCN(S(=O)(=O)Cc3ccccc3)CC2)cc1. The highest BCUT2D eigenvalue weighted by molar-refractivity contribution is 7.89. The molecule has 0 saturated carbocycles. The van der Waals surface area contributed by atoms with Crippen LogP contribution < -0.4 is 0 Å². The van der Waals surface area contributed by atoms with Crippen LogP contribution in [0.2, 0.25) is 0 Å². The summed E-state index contributed by atoms with van der Waals surface area (Å²) in [5, 5.41) is 0. The number of nitrogens with zero attached hydrogens (tertiary/aromatic N) is 2. The Kier molecular flexibility index (Phi) is 6.78. The Morgan fingerprint density at radius 2 is 1.31 bits per heavy atom. The smallest absolute Gasteiger partial charge is 0.212 e.